The van der Waals surface area contributed by atoms with Crippen LogP contribution in [0.5, 0.6) is 0 Å². The van der Waals surface area contributed by atoms with Crippen molar-refractivity contribution >= 4 is 29.2 Å². The van der Waals surface area contributed by atoms with Crippen LogP contribution in [0.1, 0.15) is 0 Å². The van der Waals surface area contributed by atoms with Crippen molar-refractivity contribution in [1.29, 1.82) is 0 Å². The minimum Gasteiger partial charge on any atom is -0.458 e. The molecule has 0 atom stereocenters. The van der Waals surface area contributed by atoms with Crippen LogP contribution in [0.4, 0.5) is 30.7 Å². The standard InChI is InChI=1S/C6H3Cl2F7O2/c7-2(8)1-17-3(16)4(9,10)5(11,12)6(13,14)15/h2H,1H2. The molecule has 0 aliphatic heterocycles. The van der Waals surface area contributed by atoms with E-state index in [0.29, 0.717) is 0 Å². The van der Waals surface area contributed by atoms with E-state index in [0.717, 1.165) is 0 Å². The molecule has 0 radical (unpaired) electrons. The quantitative estimate of drug-likeness (QED) is 0.453. The van der Waals surface area contributed by atoms with Crippen molar-refractivity contribution < 1.29 is 40.3 Å². The number of carbonyl (C=O) groups is 1. The van der Waals surface area contributed by atoms with Crippen molar-refractivity contribution in [2.45, 2.75) is 22.9 Å². The fraction of sp³-hybridized carbons (Fsp3) is 0.833. The average Bonchev–Trinajstić information content (AvgIpc) is 2.11. The molecule has 0 aromatic heterocycles. The van der Waals surface area contributed by atoms with E-state index in [9.17, 15) is 35.5 Å². The van der Waals surface area contributed by atoms with Crippen molar-refractivity contribution in [2.75, 3.05) is 6.61 Å². The average molecular weight is 311 g/mol. The number of esters is 1. The highest BCUT2D eigenvalue weighted by atomic mass is 35.5. The van der Waals surface area contributed by atoms with Gasteiger partial charge in [-0.05, 0) is 0 Å². The lowest BCUT2D eigenvalue weighted by molar-refractivity contribution is -0.348. The third-order valence-electron chi connectivity index (χ3n) is 1.35. The summed E-state index contributed by atoms with van der Waals surface area (Å²) in [6.07, 6.45) is -6.60. The van der Waals surface area contributed by atoms with Crippen LogP contribution in [0.15, 0.2) is 0 Å². The largest absolute Gasteiger partial charge is 0.460 e. The van der Waals surface area contributed by atoms with Crippen molar-refractivity contribution in [2.24, 2.45) is 0 Å². The van der Waals surface area contributed by atoms with E-state index in [1.165, 1.54) is 0 Å². The predicted octanol–water partition coefficient (Wildman–Crippen LogP) is 3.17. The number of hydrogen-bond donors (Lipinski definition) is 0. The number of ether oxygens (including phenoxy) is 1. The van der Waals surface area contributed by atoms with Gasteiger partial charge in [0, 0.05) is 0 Å². The van der Waals surface area contributed by atoms with Gasteiger partial charge in [-0.2, -0.15) is 30.7 Å². The molecule has 0 saturated carbocycles. The smallest absolute Gasteiger partial charge is 0.458 e. The summed E-state index contributed by atoms with van der Waals surface area (Å²) in [5, 5.41) is 0. The van der Waals surface area contributed by atoms with Crippen LogP contribution in [0.3, 0.4) is 0 Å². The Morgan fingerprint density at radius 2 is 1.47 bits per heavy atom. The fourth-order valence-electron chi connectivity index (χ4n) is 0.536. The molecule has 0 aliphatic rings. The number of halogens is 9. The van der Waals surface area contributed by atoms with Gasteiger partial charge < -0.3 is 4.74 Å². The Morgan fingerprint density at radius 3 is 1.76 bits per heavy atom. The third-order valence-corrected chi connectivity index (χ3v) is 1.60. The Hall–Kier alpha value is -0.440. The molecule has 102 valence electrons. The zero-order valence-electron chi connectivity index (χ0n) is 7.50. The molecule has 0 unspecified atom stereocenters. The molecule has 0 amide bonds. The number of carbonyl (C=O) groups excluding carboxylic acids is 1. The highest BCUT2D eigenvalue weighted by Gasteiger charge is 2.77. The van der Waals surface area contributed by atoms with Crippen LogP contribution in [-0.4, -0.2) is 35.4 Å². The summed E-state index contributed by atoms with van der Waals surface area (Å²) >= 11 is 9.82. The highest BCUT2D eigenvalue weighted by molar-refractivity contribution is 6.44. The first kappa shape index (κ1) is 16.6. The molecule has 0 aromatic carbocycles. The van der Waals surface area contributed by atoms with E-state index >= 15 is 0 Å². The molecule has 17 heavy (non-hydrogen) atoms. The van der Waals surface area contributed by atoms with E-state index in [2.05, 4.69) is 4.74 Å². The number of hydrogen-bond acceptors (Lipinski definition) is 2. The van der Waals surface area contributed by atoms with Crippen LogP contribution in [0.2, 0.25) is 0 Å². The van der Waals surface area contributed by atoms with Crippen LogP contribution in [0.25, 0.3) is 0 Å². The van der Waals surface area contributed by atoms with Gasteiger partial charge in [0.2, 0.25) is 0 Å². The summed E-state index contributed by atoms with van der Waals surface area (Å²) < 4.78 is 87.7. The van der Waals surface area contributed by atoms with Gasteiger partial charge in [0.25, 0.3) is 0 Å². The first-order valence-corrected chi connectivity index (χ1v) is 4.49. The van der Waals surface area contributed by atoms with Gasteiger partial charge in [0.05, 0.1) is 0 Å². The summed E-state index contributed by atoms with van der Waals surface area (Å²) in [5.74, 6) is -15.7. The molecule has 0 aromatic rings. The molecular weight excluding hydrogens is 308 g/mol. The fourth-order valence-corrected chi connectivity index (χ4v) is 0.662. The summed E-state index contributed by atoms with van der Waals surface area (Å²) in [5.41, 5.74) is 0. The molecule has 0 bridgehead atoms. The van der Waals surface area contributed by atoms with E-state index < -0.39 is 35.4 Å². The van der Waals surface area contributed by atoms with Gasteiger partial charge in [0.1, 0.15) is 11.4 Å². The summed E-state index contributed by atoms with van der Waals surface area (Å²) in [4.78, 5) is 8.86. The minimum atomic E-state index is -6.60. The van der Waals surface area contributed by atoms with Gasteiger partial charge in [-0.1, -0.05) is 0 Å². The Morgan fingerprint density at radius 1 is 1.06 bits per heavy atom. The van der Waals surface area contributed by atoms with Crippen LogP contribution in [-0.2, 0) is 9.53 Å². The Balaban J connectivity index is 4.94. The predicted molar refractivity (Wildman–Crippen MR) is 42.4 cm³/mol. The molecule has 0 aliphatic carbocycles. The van der Waals surface area contributed by atoms with Gasteiger partial charge in [-0.3, -0.25) is 0 Å². The topological polar surface area (TPSA) is 26.3 Å². The normalized spacial score (nSPS) is 14.0. The van der Waals surface area contributed by atoms with Gasteiger partial charge in [-0.25, -0.2) is 4.79 Å². The molecule has 0 fully saturated rings. The lowest BCUT2D eigenvalue weighted by Gasteiger charge is -2.26. The second kappa shape index (κ2) is 5.05. The number of rotatable bonds is 4. The highest BCUT2D eigenvalue weighted by Crippen LogP contribution is 2.46. The van der Waals surface area contributed by atoms with Gasteiger partial charge in [-0.15, -0.1) is 23.2 Å². The van der Waals surface area contributed by atoms with Crippen LogP contribution in [0, 0.1) is 0 Å². The number of alkyl halides is 9. The first-order chi connectivity index (χ1) is 7.34. The van der Waals surface area contributed by atoms with E-state index in [1.807, 2.05) is 0 Å². The molecule has 0 rings (SSSR count). The summed E-state index contributed by atoms with van der Waals surface area (Å²) in [6.45, 7) is -1.15. The first-order valence-electron chi connectivity index (χ1n) is 3.61. The molecular formula is C6H3Cl2F7O2. The van der Waals surface area contributed by atoms with Crippen molar-refractivity contribution in [1.82, 2.24) is 0 Å². The SMILES string of the molecule is O=C(OCC(Cl)Cl)C(F)(F)C(F)(F)C(F)(F)F. The second-order valence-electron chi connectivity index (χ2n) is 2.64. The maximum Gasteiger partial charge on any atom is 0.460 e. The zero-order valence-corrected chi connectivity index (χ0v) is 9.01. The van der Waals surface area contributed by atoms with Crippen molar-refractivity contribution in [3.63, 3.8) is 0 Å². The maximum atomic E-state index is 12.5. The van der Waals surface area contributed by atoms with Crippen LogP contribution >= 0.6 is 23.2 Å². The van der Waals surface area contributed by atoms with E-state index in [1.54, 1.807) is 0 Å². The lowest BCUT2D eigenvalue weighted by atomic mass is 10.1. The third kappa shape index (κ3) is 3.51. The second-order valence-corrected chi connectivity index (χ2v) is 3.91. The Kier molecular flexibility index (Phi) is 4.92. The Labute approximate surface area is 99.6 Å². The van der Waals surface area contributed by atoms with Crippen molar-refractivity contribution in [3.8, 4) is 0 Å². The molecule has 2 nitrogen and oxygen atoms in total. The summed E-state index contributed by atoms with van der Waals surface area (Å²) in [7, 11) is 0. The molecule has 0 spiro atoms. The molecule has 11 heteroatoms. The van der Waals surface area contributed by atoms with Crippen molar-refractivity contribution in [3.05, 3.63) is 0 Å². The van der Waals surface area contributed by atoms with E-state index in [-0.39, 0.29) is 0 Å². The monoisotopic (exact) mass is 310 g/mol. The van der Waals surface area contributed by atoms with Gasteiger partial charge >= 0.3 is 24.0 Å². The van der Waals surface area contributed by atoms with E-state index in [4.69, 9.17) is 23.2 Å². The molecule has 0 saturated heterocycles. The summed E-state index contributed by atoms with van der Waals surface area (Å²) in [6, 6.07) is 0. The molecule has 0 N–H and O–H groups in total. The van der Waals surface area contributed by atoms with Crippen LogP contribution < -0.4 is 0 Å². The molecule has 0 heterocycles. The Bertz CT molecular complexity index is 289. The lowest BCUT2D eigenvalue weighted by Crippen LogP contribution is -2.56. The van der Waals surface area contributed by atoms with Gasteiger partial charge in [0.15, 0.2) is 0 Å². The minimum absolute atomic E-state index is 1.15. The zero-order chi connectivity index (χ0) is 14.1. The maximum absolute atomic E-state index is 12.5.